The van der Waals surface area contributed by atoms with Crippen LogP contribution >= 0.6 is 11.6 Å². The molecule has 1 fully saturated rings. The van der Waals surface area contributed by atoms with Crippen molar-refractivity contribution in [1.82, 2.24) is 10.2 Å². The highest BCUT2D eigenvalue weighted by Gasteiger charge is 2.18. The average molecular weight is 299 g/mol. The average Bonchev–Trinajstić information content (AvgIpc) is 2.42. The van der Waals surface area contributed by atoms with Crippen molar-refractivity contribution in [1.29, 1.82) is 0 Å². The van der Waals surface area contributed by atoms with Crippen LogP contribution in [-0.4, -0.2) is 44.3 Å². The minimum atomic E-state index is 0.104. The number of methoxy groups -OCH3 is 1. The van der Waals surface area contributed by atoms with Gasteiger partial charge in [-0.05, 0) is 19.9 Å². The first-order valence-corrected chi connectivity index (χ1v) is 7.44. The number of nitrogens with zero attached hydrogens (tertiary/aromatic N) is 1. The molecule has 0 aromatic heterocycles. The normalized spacial score (nSPS) is 16.4. The lowest BCUT2D eigenvalue weighted by Crippen LogP contribution is -2.42. The molecule has 1 aromatic carbocycles. The fraction of sp³-hybridized carbons (Fsp3) is 0.600. The Morgan fingerprint density at radius 1 is 1.30 bits per heavy atom. The van der Waals surface area contributed by atoms with Gasteiger partial charge in [0.25, 0.3) is 0 Å². The SMILES string of the molecule is COc1cc(Cl)cc(CN2CCNCC2)c1OC(C)C. The fourth-order valence-electron chi connectivity index (χ4n) is 2.37. The topological polar surface area (TPSA) is 33.7 Å². The standard InChI is InChI=1S/C15H23ClN2O2/c1-11(2)20-15-12(8-13(16)9-14(15)19-3)10-18-6-4-17-5-7-18/h8-9,11,17H,4-7,10H2,1-3H3. The summed E-state index contributed by atoms with van der Waals surface area (Å²) in [6.07, 6.45) is 0.104. The summed E-state index contributed by atoms with van der Waals surface area (Å²) in [5, 5.41) is 4.04. The fourth-order valence-corrected chi connectivity index (χ4v) is 2.60. The first kappa shape index (κ1) is 15.4. The van der Waals surface area contributed by atoms with Gasteiger partial charge in [0.15, 0.2) is 11.5 Å². The molecule has 1 N–H and O–H groups in total. The van der Waals surface area contributed by atoms with Crippen molar-refractivity contribution in [3.05, 3.63) is 22.7 Å². The summed E-state index contributed by atoms with van der Waals surface area (Å²) < 4.78 is 11.4. The Hall–Kier alpha value is -0.970. The van der Waals surface area contributed by atoms with Gasteiger partial charge < -0.3 is 14.8 Å². The number of hydrogen-bond donors (Lipinski definition) is 1. The minimum Gasteiger partial charge on any atom is -0.493 e. The second-order valence-electron chi connectivity index (χ2n) is 5.29. The van der Waals surface area contributed by atoms with E-state index >= 15 is 0 Å². The molecule has 0 aliphatic carbocycles. The van der Waals surface area contributed by atoms with E-state index in [0.29, 0.717) is 10.8 Å². The van der Waals surface area contributed by atoms with Crippen LogP contribution in [0.4, 0.5) is 0 Å². The lowest BCUT2D eigenvalue weighted by atomic mass is 10.1. The molecule has 1 aromatic rings. The predicted molar refractivity (Wildman–Crippen MR) is 81.9 cm³/mol. The summed E-state index contributed by atoms with van der Waals surface area (Å²) in [6.45, 7) is 8.99. The largest absolute Gasteiger partial charge is 0.493 e. The monoisotopic (exact) mass is 298 g/mol. The van der Waals surface area contributed by atoms with E-state index in [0.717, 1.165) is 44.0 Å². The highest BCUT2D eigenvalue weighted by atomic mass is 35.5. The number of benzene rings is 1. The number of halogens is 1. The molecule has 0 atom stereocenters. The van der Waals surface area contributed by atoms with Gasteiger partial charge in [0, 0.05) is 49.4 Å². The van der Waals surface area contributed by atoms with E-state index in [-0.39, 0.29) is 6.10 Å². The van der Waals surface area contributed by atoms with Crippen molar-refractivity contribution in [2.45, 2.75) is 26.5 Å². The molecule has 0 spiro atoms. The minimum absolute atomic E-state index is 0.104. The zero-order chi connectivity index (χ0) is 14.5. The number of nitrogens with one attached hydrogen (secondary N) is 1. The summed E-state index contributed by atoms with van der Waals surface area (Å²) in [5.74, 6) is 1.52. The Morgan fingerprint density at radius 2 is 2.00 bits per heavy atom. The Labute approximate surface area is 126 Å². The third-order valence-corrected chi connectivity index (χ3v) is 3.49. The molecule has 0 radical (unpaired) electrons. The molecule has 112 valence electrons. The molecule has 4 nitrogen and oxygen atoms in total. The summed E-state index contributed by atoms with van der Waals surface area (Å²) in [5.41, 5.74) is 1.09. The molecule has 20 heavy (non-hydrogen) atoms. The number of rotatable bonds is 5. The summed E-state index contributed by atoms with van der Waals surface area (Å²) in [7, 11) is 1.65. The van der Waals surface area contributed by atoms with Crippen LogP contribution in [0, 0.1) is 0 Å². The second kappa shape index (κ2) is 7.16. The summed E-state index contributed by atoms with van der Waals surface area (Å²) >= 11 is 6.19. The molecule has 1 aliphatic rings. The van der Waals surface area contributed by atoms with Crippen molar-refractivity contribution >= 4 is 11.6 Å². The predicted octanol–water partition coefficient (Wildman–Crippen LogP) is 2.54. The maximum Gasteiger partial charge on any atom is 0.166 e. The Bertz CT molecular complexity index is 446. The van der Waals surface area contributed by atoms with Crippen LogP contribution in [0.15, 0.2) is 12.1 Å². The lowest BCUT2D eigenvalue weighted by molar-refractivity contribution is 0.208. The second-order valence-corrected chi connectivity index (χ2v) is 5.73. The van der Waals surface area contributed by atoms with Gasteiger partial charge in [0.05, 0.1) is 13.2 Å². The van der Waals surface area contributed by atoms with E-state index in [1.54, 1.807) is 13.2 Å². The van der Waals surface area contributed by atoms with Crippen LogP contribution in [-0.2, 0) is 6.54 Å². The Kier molecular flexibility index (Phi) is 5.52. The number of piperazine rings is 1. The van der Waals surface area contributed by atoms with Crippen LogP contribution < -0.4 is 14.8 Å². The van der Waals surface area contributed by atoms with Gasteiger partial charge in [-0.15, -0.1) is 0 Å². The van der Waals surface area contributed by atoms with Crippen LogP contribution in [0.1, 0.15) is 19.4 Å². The summed E-state index contributed by atoms with van der Waals surface area (Å²) in [6, 6.07) is 3.78. The van der Waals surface area contributed by atoms with Gasteiger partial charge in [-0.25, -0.2) is 0 Å². The van der Waals surface area contributed by atoms with E-state index in [1.807, 2.05) is 19.9 Å². The first-order valence-electron chi connectivity index (χ1n) is 7.06. The Balaban J connectivity index is 2.25. The van der Waals surface area contributed by atoms with Gasteiger partial charge >= 0.3 is 0 Å². The molecular formula is C15H23ClN2O2. The number of ether oxygens (including phenoxy) is 2. The molecule has 0 unspecified atom stereocenters. The molecular weight excluding hydrogens is 276 g/mol. The zero-order valence-corrected chi connectivity index (χ0v) is 13.2. The first-order chi connectivity index (χ1) is 9.60. The van der Waals surface area contributed by atoms with Gasteiger partial charge in [0.2, 0.25) is 0 Å². The molecule has 1 heterocycles. The van der Waals surface area contributed by atoms with Gasteiger partial charge in [-0.3, -0.25) is 4.90 Å². The molecule has 0 saturated carbocycles. The van der Waals surface area contributed by atoms with Crippen molar-refractivity contribution in [3.8, 4) is 11.5 Å². The quantitative estimate of drug-likeness (QED) is 0.906. The van der Waals surface area contributed by atoms with E-state index in [4.69, 9.17) is 21.1 Å². The van der Waals surface area contributed by atoms with Crippen LogP contribution in [0.25, 0.3) is 0 Å². The van der Waals surface area contributed by atoms with Crippen LogP contribution in [0.5, 0.6) is 11.5 Å². The van der Waals surface area contributed by atoms with Gasteiger partial charge in [-0.1, -0.05) is 11.6 Å². The molecule has 5 heteroatoms. The van der Waals surface area contributed by atoms with Crippen molar-refractivity contribution in [3.63, 3.8) is 0 Å². The third-order valence-electron chi connectivity index (χ3n) is 3.27. The maximum atomic E-state index is 6.19. The smallest absolute Gasteiger partial charge is 0.166 e. The highest BCUT2D eigenvalue weighted by Crippen LogP contribution is 2.36. The molecule has 1 saturated heterocycles. The molecule has 0 amide bonds. The maximum absolute atomic E-state index is 6.19. The van der Waals surface area contributed by atoms with E-state index in [9.17, 15) is 0 Å². The van der Waals surface area contributed by atoms with Crippen LogP contribution in [0.2, 0.25) is 5.02 Å². The number of hydrogen-bond acceptors (Lipinski definition) is 4. The van der Waals surface area contributed by atoms with E-state index in [1.165, 1.54) is 0 Å². The summed E-state index contributed by atoms with van der Waals surface area (Å²) in [4.78, 5) is 2.40. The van der Waals surface area contributed by atoms with E-state index in [2.05, 4.69) is 10.2 Å². The third kappa shape index (κ3) is 4.01. The molecule has 1 aliphatic heterocycles. The van der Waals surface area contributed by atoms with Crippen LogP contribution in [0.3, 0.4) is 0 Å². The molecule has 2 rings (SSSR count). The molecule has 0 bridgehead atoms. The van der Waals surface area contributed by atoms with Crippen molar-refractivity contribution in [2.24, 2.45) is 0 Å². The zero-order valence-electron chi connectivity index (χ0n) is 12.4. The van der Waals surface area contributed by atoms with Crippen molar-refractivity contribution in [2.75, 3.05) is 33.3 Å². The Morgan fingerprint density at radius 3 is 2.60 bits per heavy atom. The van der Waals surface area contributed by atoms with E-state index < -0.39 is 0 Å². The van der Waals surface area contributed by atoms with Gasteiger partial charge in [-0.2, -0.15) is 0 Å². The van der Waals surface area contributed by atoms with Gasteiger partial charge in [0.1, 0.15) is 0 Å². The van der Waals surface area contributed by atoms with Crippen molar-refractivity contribution < 1.29 is 9.47 Å². The lowest BCUT2D eigenvalue weighted by Gasteiger charge is -2.28. The highest BCUT2D eigenvalue weighted by molar-refractivity contribution is 6.30.